The molecule has 7 nitrogen and oxygen atoms in total. The van der Waals surface area contributed by atoms with E-state index in [1.54, 1.807) is 6.08 Å². The van der Waals surface area contributed by atoms with E-state index >= 15 is 0 Å². The Morgan fingerprint density at radius 1 is 0.651 bits per heavy atom. The van der Waals surface area contributed by atoms with Crippen LogP contribution in [0.3, 0.4) is 0 Å². The molecule has 10 aliphatic rings. The molecule has 6 fully saturated rings. The number of hydrogen-bond acceptors (Lipinski definition) is 7. The van der Waals surface area contributed by atoms with Crippen molar-refractivity contribution < 1.29 is 33.8 Å². The van der Waals surface area contributed by atoms with Crippen LogP contribution in [0.15, 0.2) is 41.0 Å². The van der Waals surface area contributed by atoms with Gasteiger partial charge in [0, 0.05) is 46.8 Å². The van der Waals surface area contributed by atoms with Crippen LogP contribution in [0.5, 0.6) is 11.5 Å². The molecular weight excluding hydrogens is 785 g/mol. The number of hydrogen-bond donors (Lipinski definition) is 1. The van der Waals surface area contributed by atoms with Gasteiger partial charge in [-0.3, -0.25) is 19.2 Å². The van der Waals surface area contributed by atoms with Crippen molar-refractivity contribution in [3.63, 3.8) is 0 Å². The summed E-state index contributed by atoms with van der Waals surface area (Å²) in [5.74, 6) is -0.0835. The lowest BCUT2D eigenvalue weighted by atomic mass is 9.33. The zero-order valence-electron chi connectivity index (χ0n) is 40.3. The van der Waals surface area contributed by atoms with Crippen molar-refractivity contribution in [2.75, 3.05) is 0 Å². The molecule has 7 heteroatoms. The monoisotopic (exact) mass is 857 g/mol. The summed E-state index contributed by atoms with van der Waals surface area (Å²) in [4.78, 5) is 55.7. The highest BCUT2D eigenvalue weighted by atomic mass is 16.7. The molecule has 1 aromatic rings. The van der Waals surface area contributed by atoms with Crippen molar-refractivity contribution in [3.05, 3.63) is 57.7 Å². The van der Waals surface area contributed by atoms with E-state index in [4.69, 9.17) is 9.47 Å². The first kappa shape index (κ1) is 42.3. The molecule has 0 saturated heterocycles. The van der Waals surface area contributed by atoms with Gasteiger partial charge in [0.15, 0.2) is 17.3 Å². The van der Waals surface area contributed by atoms with Crippen LogP contribution < -0.4 is 9.47 Å². The summed E-state index contributed by atoms with van der Waals surface area (Å²) in [5, 5.41) is 12.7. The summed E-state index contributed by atoms with van der Waals surface area (Å²) in [6.07, 6.45) is 17.6. The normalized spacial score (nSPS) is 51.6. The van der Waals surface area contributed by atoms with Gasteiger partial charge in [-0.05, 0) is 175 Å². The number of aliphatic hydroxyl groups is 1. The molecule has 0 spiro atoms. The maximum absolute atomic E-state index is 14.7. The van der Waals surface area contributed by atoms with Gasteiger partial charge in [-0.1, -0.05) is 75.3 Å². The van der Waals surface area contributed by atoms with Crippen LogP contribution in [0.2, 0.25) is 0 Å². The lowest BCUT2D eigenvalue weighted by Gasteiger charge is -2.71. The number of carbonyl (C=O) groups excluding carboxylic acids is 4. The quantitative estimate of drug-likeness (QED) is 0.277. The molecule has 1 heterocycles. The third-order valence-corrected chi connectivity index (χ3v) is 23.1. The Morgan fingerprint density at radius 2 is 1.22 bits per heavy atom. The maximum atomic E-state index is 14.7. The lowest BCUT2D eigenvalue weighted by molar-refractivity contribution is -0.234. The van der Waals surface area contributed by atoms with Crippen LogP contribution in [-0.4, -0.2) is 39.6 Å². The number of ketones is 4. The SMILES string of the molecule is Cc1c2c(cc3c1C(=O)C=C1[C@@]3(C)CC[C@@]3(C)[C@@H]4C[C@@H](C)C(=O)C[C@]4(C)CC[C@]13C)O[C@]1(C)C3=CC[C@H]4[C@@](C)(CC[C@@]5(C)[C@@H]6C[C@@H](C)C(=O)C[C@]6(C)CC[C@]45C)C3=CC(=O)[C@]1(O)O2. The van der Waals surface area contributed by atoms with Crippen molar-refractivity contribution >= 4 is 23.1 Å². The Hall–Kier alpha value is -3.32. The van der Waals surface area contributed by atoms with Gasteiger partial charge in [0.25, 0.3) is 0 Å². The topological polar surface area (TPSA) is 107 Å². The maximum Gasteiger partial charge on any atom is 0.317 e. The van der Waals surface area contributed by atoms with Gasteiger partial charge in [0.2, 0.25) is 11.4 Å². The molecule has 338 valence electrons. The highest BCUT2D eigenvalue weighted by Gasteiger charge is 2.73. The first-order valence-electron chi connectivity index (χ1n) is 24.8. The number of Topliss-reactive ketones (excluding diaryl/α,β-unsaturated/α-hetero) is 2. The van der Waals surface area contributed by atoms with Crippen LogP contribution >= 0.6 is 0 Å². The van der Waals surface area contributed by atoms with Crippen LogP contribution in [0.25, 0.3) is 0 Å². The minimum absolute atomic E-state index is 0.0128. The third kappa shape index (κ3) is 4.68. The molecule has 15 atom stereocenters. The Labute approximate surface area is 375 Å². The molecule has 0 radical (unpaired) electrons. The zero-order chi connectivity index (χ0) is 45.2. The van der Waals surface area contributed by atoms with E-state index in [9.17, 15) is 24.3 Å². The Morgan fingerprint density at radius 3 is 1.87 bits per heavy atom. The lowest BCUT2D eigenvalue weighted by Crippen LogP contribution is -2.71. The number of benzene rings is 1. The van der Waals surface area contributed by atoms with Gasteiger partial charge < -0.3 is 14.6 Å². The summed E-state index contributed by atoms with van der Waals surface area (Å²) >= 11 is 0. The first-order valence-corrected chi connectivity index (χ1v) is 24.8. The van der Waals surface area contributed by atoms with Crippen molar-refractivity contribution in [2.24, 2.45) is 67.5 Å². The Kier molecular flexibility index (Phi) is 8.17. The fourth-order valence-electron chi connectivity index (χ4n) is 18.5. The first-order chi connectivity index (χ1) is 29.2. The molecule has 9 aliphatic carbocycles. The van der Waals surface area contributed by atoms with Crippen LogP contribution in [0.4, 0.5) is 0 Å². The van der Waals surface area contributed by atoms with E-state index < -0.39 is 22.6 Å². The van der Waals surface area contributed by atoms with Crippen molar-refractivity contribution in [2.45, 2.75) is 183 Å². The second-order valence-corrected chi connectivity index (χ2v) is 25.7. The molecule has 0 unspecified atom stereocenters. The second-order valence-electron chi connectivity index (χ2n) is 25.7. The summed E-state index contributed by atoms with van der Waals surface area (Å²) in [7, 11) is 0. The molecule has 6 saturated carbocycles. The Bertz CT molecular complexity index is 2470. The van der Waals surface area contributed by atoms with Crippen molar-refractivity contribution in [3.8, 4) is 11.5 Å². The second kappa shape index (κ2) is 12.2. The van der Waals surface area contributed by atoms with Gasteiger partial charge in [0.05, 0.1) is 0 Å². The minimum atomic E-state index is -2.32. The van der Waals surface area contributed by atoms with E-state index in [0.717, 1.165) is 87.3 Å². The Balaban J connectivity index is 0.975. The van der Waals surface area contributed by atoms with Crippen LogP contribution in [0.1, 0.15) is 181 Å². The molecule has 0 aromatic heterocycles. The smallest absolute Gasteiger partial charge is 0.317 e. The highest BCUT2D eigenvalue weighted by molar-refractivity contribution is 6.10. The summed E-state index contributed by atoms with van der Waals surface area (Å²) in [5.41, 5.74) is 2.55. The fraction of sp³-hybridized carbons (Fsp3) is 0.714. The summed E-state index contributed by atoms with van der Waals surface area (Å²) < 4.78 is 13.9. The van der Waals surface area contributed by atoms with Crippen molar-refractivity contribution in [1.29, 1.82) is 0 Å². The molecule has 11 rings (SSSR count). The fourth-order valence-corrected chi connectivity index (χ4v) is 18.5. The predicted octanol–water partition coefficient (Wildman–Crippen LogP) is 11.5. The van der Waals surface area contributed by atoms with E-state index in [-0.39, 0.29) is 67.2 Å². The summed E-state index contributed by atoms with van der Waals surface area (Å²) in [6, 6.07) is 2.03. The number of allylic oxidation sites excluding steroid dienone is 3. The van der Waals surface area contributed by atoms with E-state index in [1.165, 1.54) is 5.57 Å². The molecule has 63 heavy (non-hydrogen) atoms. The summed E-state index contributed by atoms with van der Waals surface area (Å²) in [6.45, 7) is 27.3. The zero-order valence-corrected chi connectivity index (χ0v) is 40.3. The minimum Gasteiger partial charge on any atom is -0.471 e. The average molecular weight is 857 g/mol. The van der Waals surface area contributed by atoms with Crippen molar-refractivity contribution in [1.82, 2.24) is 0 Å². The van der Waals surface area contributed by atoms with Crippen LogP contribution in [0, 0.1) is 74.4 Å². The molecule has 0 bridgehead atoms. The van der Waals surface area contributed by atoms with Gasteiger partial charge in [-0.2, -0.15) is 0 Å². The standard InChI is InChI=1S/C56H72O7/c1-30-23-41-47(4,28-37(30)58)15-19-51(8)40-14-13-33-34(49(40,6)17-21-52(41,51)9)26-44(60)56(61)55(33,12)62-39-25-35-45(32(3)46(39)63-56)36(57)27-43-50(35,7)18-22-53(10)42-24-31(2)38(59)29-48(42,5)16-20-54(43,53)11/h13,25-27,30-31,40-42,61H,14-24,28-29H2,1-12H3/t30-,31-,40+,41-,42-,47+,48+,49+,50+,51-,52+,53+,54-,55-,56+/m1/s1. The number of carbonyl (C=O) groups is 4. The van der Waals surface area contributed by atoms with E-state index in [2.05, 4.69) is 75.3 Å². The van der Waals surface area contributed by atoms with Gasteiger partial charge >= 0.3 is 5.79 Å². The van der Waals surface area contributed by atoms with E-state index in [1.807, 2.05) is 26.0 Å². The largest absolute Gasteiger partial charge is 0.471 e. The average Bonchev–Trinajstić information content (AvgIpc) is 3.21. The highest BCUT2D eigenvalue weighted by Crippen LogP contribution is 2.77. The third-order valence-electron chi connectivity index (χ3n) is 23.1. The van der Waals surface area contributed by atoms with Crippen LogP contribution in [-0.2, 0) is 19.8 Å². The number of rotatable bonds is 0. The van der Waals surface area contributed by atoms with Gasteiger partial charge in [-0.25, -0.2) is 0 Å². The molecule has 1 aromatic carbocycles. The molecule has 0 amide bonds. The number of ether oxygens (including phenoxy) is 2. The number of fused-ring (bicyclic) bond motifs is 17. The van der Waals surface area contributed by atoms with Gasteiger partial charge in [-0.15, -0.1) is 0 Å². The predicted molar refractivity (Wildman–Crippen MR) is 242 cm³/mol. The van der Waals surface area contributed by atoms with Gasteiger partial charge in [0.1, 0.15) is 11.6 Å². The molecular formula is C56H72O7. The molecule has 1 aliphatic heterocycles. The van der Waals surface area contributed by atoms with E-state index in [0.29, 0.717) is 53.1 Å². The molecule has 1 N–H and O–H groups in total.